The molecule has 1 atom stereocenters. The van der Waals surface area contributed by atoms with Gasteiger partial charge in [-0.2, -0.15) is 0 Å². The van der Waals surface area contributed by atoms with Crippen molar-refractivity contribution in [3.05, 3.63) is 33.4 Å². The van der Waals surface area contributed by atoms with E-state index in [9.17, 15) is 0 Å². The lowest BCUT2D eigenvalue weighted by Gasteiger charge is -2.12. The summed E-state index contributed by atoms with van der Waals surface area (Å²) in [5.74, 6) is 2.63. The van der Waals surface area contributed by atoms with Crippen LogP contribution in [0.25, 0.3) is 0 Å². The summed E-state index contributed by atoms with van der Waals surface area (Å²) in [6.07, 6.45) is 7.97. The molecule has 2 N–H and O–H groups in total. The van der Waals surface area contributed by atoms with Gasteiger partial charge in [0.25, 0.3) is 0 Å². The van der Waals surface area contributed by atoms with Gasteiger partial charge >= 0.3 is 0 Å². The second-order valence-electron chi connectivity index (χ2n) is 3.22. The number of hydrogen-bond acceptors (Lipinski definition) is 1. The van der Waals surface area contributed by atoms with Crippen molar-refractivity contribution in [3.63, 3.8) is 0 Å². The molecule has 1 nitrogen and oxygen atoms in total. The van der Waals surface area contributed by atoms with Crippen LogP contribution in [-0.4, -0.2) is 0 Å². The zero-order valence-electron chi connectivity index (χ0n) is 8.04. The Labute approximate surface area is 99.2 Å². The fourth-order valence-electron chi connectivity index (χ4n) is 1.36. The molecule has 0 radical (unpaired) electrons. The number of terminal acetylenes is 1. The number of benzene rings is 1. The van der Waals surface area contributed by atoms with Crippen molar-refractivity contribution in [2.24, 2.45) is 5.73 Å². The molecule has 0 aromatic heterocycles. The number of halogens is 1. The van der Waals surface area contributed by atoms with Crippen molar-refractivity contribution in [2.75, 3.05) is 0 Å². The van der Waals surface area contributed by atoms with Gasteiger partial charge in [0.1, 0.15) is 0 Å². The normalized spacial score (nSPS) is 12.1. The van der Waals surface area contributed by atoms with Crippen molar-refractivity contribution in [1.82, 2.24) is 0 Å². The molecule has 14 heavy (non-hydrogen) atoms. The molecular weight excluding hydrogens is 285 g/mol. The molecule has 0 saturated heterocycles. The van der Waals surface area contributed by atoms with E-state index < -0.39 is 0 Å². The zero-order valence-corrected chi connectivity index (χ0v) is 10.2. The van der Waals surface area contributed by atoms with E-state index in [4.69, 9.17) is 12.2 Å². The lowest BCUT2D eigenvalue weighted by molar-refractivity contribution is 0.619. The van der Waals surface area contributed by atoms with E-state index in [1.165, 1.54) is 9.13 Å². The number of nitrogens with two attached hydrogens (primary N) is 1. The Balaban J connectivity index is 2.57. The second-order valence-corrected chi connectivity index (χ2v) is 4.39. The minimum atomic E-state index is 0.122. The summed E-state index contributed by atoms with van der Waals surface area (Å²) in [6, 6.07) is 8.34. The molecule has 0 heterocycles. The SMILES string of the molecule is C#CCCCC(N)c1ccccc1I. The first-order chi connectivity index (χ1) is 6.75. The van der Waals surface area contributed by atoms with Crippen LogP contribution in [0.4, 0.5) is 0 Å². The van der Waals surface area contributed by atoms with Crippen LogP contribution < -0.4 is 5.73 Å². The Bertz CT molecular complexity index is 327. The maximum absolute atomic E-state index is 6.06. The Morgan fingerprint density at radius 3 is 2.79 bits per heavy atom. The lowest BCUT2D eigenvalue weighted by atomic mass is 10.0. The van der Waals surface area contributed by atoms with Gasteiger partial charge in [-0.05, 0) is 47.1 Å². The van der Waals surface area contributed by atoms with Crippen LogP contribution in [0.5, 0.6) is 0 Å². The van der Waals surface area contributed by atoms with Gasteiger partial charge in [-0.3, -0.25) is 0 Å². The maximum Gasteiger partial charge on any atom is 0.0305 e. The van der Waals surface area contributed by atoms with Crippen LogP contribution in [0.15, 0.2) is 24.3 Å². The summed E-state index contributed by atoms with van der Waals surface area (Å²) in [5, 5.41) is 0. The first kappa shape index (κ1) is 11.5. The van der Waals surface area contributed by atoms with Crippen LogP contribution in [0, 0.1) is 15.9 Å². The third-order valence-corrected chi connectivity index (χ3v) is 3.12. The first-order valence-electron chi connectivity index (χ1n) is 4.69. The van der Waals surface area contributed by atoms with Gasteiger partial charge in [-0.25, -0.2) is 0 Å². The third-order valence-electron chi connectivity index (χ3n) is 2.14. The van der Waals surface area contributed by atoms with Gasteiger partial charge < -0.3 is 5.73 Å². The lowest BCUT2D eigenvalue weighted by Crippen LogP contribution is -2.11. The summed E-state index contributed by atoms with van der Waals surface area (Å²) in [7, 11) is 0. The maximum atomic E-state index is 6.06. The zero-order chi connectivity index (χ0) is 10.4. The van der Waals surface area contributed by atoms with Gasteiger partial charge in [-0.1, -0.05) is 18.2 Å². The number of rotatable bonds is 4. The molecule has 0 aliphatic carbocycles. The summed E-state index contributed by atoms with van der Waals surface area (Å²) >= 11 is 2.32. The molecule has 0 bridgehead atoms. The van der Waals surface area contributed by atoms with Gasteiger partial charge in [0.15, 0.2) is 0 Å². The molecule has 0 saturated carbocycles. The van der Waals surface area contributed by atoms with Crippen molar-refractivity contribution in [2.45, 2.75) is 25.3 Å². The second kappa shape index (κ2) is 6.05. The largest absolute Gasteiger partial charge is 0.324 e. The molecule has 1 rings (SSSR count). The van der Waals surface area contributed by atoms with E-state index in [1.807, 2.05) is 12.1 Å². The summed E-state index contributed by atoms with van der Waals surface area (Å²) in [4.78, 5) is 0. The number of unbranched alkanes of at least 4 members (excludes halogenated alkanes) is 1. The fourth-order valence-corrected chi connectivity index (χ4v) is 2.14. The van der Waals surface area contributed by atoms with Gasteiger partial charge in [0.05, 0.1) is 0 Å². The molecule has 0 aliphatic rings. The van der Waals surface area contributed by atoms with E-state index in [0.717, 1.165) is 19.3 Å². The molecule has 1 aromatic rings. The highest BCUT2D eigenvalue weighted by Crippen LogP contribution is 2.21. The Kier molecular flexibility index (Phi) is 4.99. The minimum absolute atomic E-state index is 0.122. The van der Waals surface area contributed by atoms with Gasteiger partial charge in [0.2, 0.25) is 0 Å². The topological polar surface area (TPSA) is 26.0 Å². The highest BCUT2D eigenvalue weighted by atomic mass is 127. The van der Waals surface area contributed by atoms with E-state index in [-0.39, 0.29) is 6.04 Å². The van der Waals surface area contributed by atoms with Crippen LogP contribution in [0.2, 0.25) is 0 Å². The molecule has 0 amide bonds. The van der Waals surface area contributed by atoms with Crippen molar-refractivity contribution in [1.29, 1.82) is 0 Å². The van der Waals surface area contributed by atoms with Crippen molar-refractivity contribution in [3.8, 4) is 12.3 Å². The monoisotopic (exact) mass is 299 g/mol. The highest BCUT2D eigenvalue weighted by molar-refractivity contribution is 14.1. The molecular formula is C12H14IN. The first-order valence-corrected chi connectivity index (χ1v) is 5.77. The smallest absolute Gasteiger partial charge is 0.0305 e. The highest BCUT2D eigenvalue weighted by Gasteiger charge is 2.07. The van der Waals surface area contributed by atoms with Crippen molar-refractivity contribution < 1.29 is 0 Å². The van der Waals surface area contributed by atoms with Crippen molar-refractivity contribution >= 4 is 22.6 Å². The van der Waals surface area contributed by atoms with E-state index in [2.05, 4.69) is 40.6 Å². The van der Waals surface area contributed by atoms with E-state index >= 15 is 0 Å². The molecule has 1 aromatic carbocycles. The standard InChI is InChI=1S/C12H14IN/c1-2-3-4-9-12(14)10-7-5-6-8-11(10)13/h1,5-8,12H,3-4,9,14H2. The quantitative estimate of drug-likeness (QED) is 0.516. The van der Waals surface area contributed by atoms with Gasteiger partial charge in [0, 0.05) is 16.0 Å². The van der Waals surface area contributed by atoms with Gasteiger partial charge in [-0.15, -0.1) is 12.3 Å². The predicted octanol–water partition coefficient (Wildman–Crippen LogP) is 3.09. The molecule has 0 aliphatic heterocycles. The Hall–Kier alpha value is -0.530. The molecule has 2 heteroatoms. The summed E-state index contributed by atoms with van der Waals surface area (Å²) in [6.45, 7) is 0. The fraction of sp³-hybridized carbons (Fsp3) is 0.333. The van der Waals surface area contributed by atoms with E-state index in [0.29, 0.717) is 0 Å². The average molecular weight is 299 g/mol. The average Bonchev–Trinajstić information content (AvgIpc) is 2.18. The summed E-state index contributed by atoms with van der Waals surface area (Å²) < 4.78 is 1.23. The molecule has 1 unspecified atom stereocenters. The van der Waals surface area contributed by atoms with E-state index in [1.54, 1.807) is 0 Å². The number of hydrogen-bond donors (Lipinski definition) is 1. The van der Waals surface area contributed by atoms with Crippen LogP contribution in [0.1, 0.15) is 30.9 Å². The third kappa shape index (κ3) is 3.32. The Morgan fingerprint density at radius 1 is 1.43 bits per heavy atom. The Morgan fingerprint density at radius 2 is 2.14 bits per heavy atom. The molecule has 0 fully saturated rings. The van der Waals surface area contributed by atoms with Crippen LogP contribution >= 0.6 is 22.6 Å². The summed E-state index contributed by atoms with van der Waals surface area (Å²) in [5.41, 5.74) is 7.29. The molecule has 74 valence electrons. The van der Waals surface area contributed by atoms with Crippen LogP contribution in [0.3, 0.4) is 0 Å². The molecule has 0 spiro atoms. The van der Waals surface area contributed by atoms with Crippen LogP contribution in [-0.2, 0) is 0 Å². The minimum Gasteiger partial charge on any atom is -0.324 e. The predicted molar refractivity (Wildman–Crippen MR) is 68.8 cm³/mol.